The topological polar surface area (TPSA) is 47.0 Å². The van der Waals surface area contributed by atoms with E-state index in [1.807, 2.05) is 6.92 Å². The van der Waals surface area contributed by atoms with E-state index in [0.29, 0.717) is 10.3 Å². The lowest BCUT2D eigenvalue weighted by atomic mass is 10.4. The average molecular weight is 276 g/mol. The van der Waals surface area contributed by atoms with E-state index in [-0.39, 0.29) is 11.6 Å². The lowest BCUT2D eigenvalue weighted by molar-refractivity contribution is 0.0936. The van der Waals surface area contributed by atoms with E-state index >= 15 is 0 Å². The van der Waals surface area contributed by atoms with Gasteiger partial charge in [0.25, 0.3) is 0 Å². The third-order valence-electron chi connectivity index (χ3n) is 2.68. The number of aromatic nitrogens is 2. The zero-order valence-corrected chi connectivity index (χ0v) is 10.0. The fraction of sp³-hybridized carbons (Fsp3) is 0.556. The maximum absolute atomic E-state index is 12.8. The summed E-state index contributed by atoms with van der Waals surface area (Å²) in [7, 11) is 1.66. The van der Waals surface area contributed by atoms with Crippen LogP contribution in [0.3, 0.4) is 0 Å². The number of nitrogens with one attached hydrogen (secondary N) is 1. The van der Waals surface area contributed by atoms with E-state index in [0.717, 1.165) is 6.42 Å². The molecule has 2 atom stereocenters. The molecule has 2 rings (SSSR count). The average Bonchev–Trinajstić information content (AvgIpc) is 2.84. The second-order valence-electron chi connectivity index (χ2n) is 3.75. The van der Waals surface area contributed by atoms with Crippen molar-refractivity contribution < 1.29 is 9.13 Å². The summed E-state index contributed by atoms with van der Waals surface area (Å²) in [6.07, 6.45) is 1.54. The summed E-state index contributed by atoms with van der Waals surface area (Å²) in [5, 5.41) is 3.10. The van der Waals surface area contributed by atoms with Crippen LogP contribution >= 0.6 is 15.9 Å². The zero-order chi connectivity index (χ0) is 11.1. The van der Waals surface area contributed by atoms with Gasteiger partial charge in [0.05, 0.1) is 16.1 Å². The summed E-state index contributed by atoms with van der Waals surface area (Å²) >= 11 is 3.25. The Morgan fingerprint density at radius 2 is 2.47 bits per heavy atom. The van der Waals surface area contributed by atoms with E-state index in [9.17, 15) is 4.39 Å². The smallest absolute Gasteiger partial charge is 0.310 e. The van der Waals surface area contributed by atoms with Crippen LogP contribution in [0.4, 0.5) is 10.2 Å². The largest absolute Gasteiger partial charge is 0.376 e. The molecule has 82 valence electrons. The number of hydrogen-bond donors (Lipinski definition) is 1. The molecule has 0 spiro atoms. The van der Waals surface area contributed by atoms with Crippen molar-refractivity contribution in [3.63, 3.8) is 0 Å². The molecule has 0 unspecified atom stereocenters. The van der Waals surface area contributed by atoms with Crippen LogP contribution in [0.25, 0.3) is 0 Å². The fourth-order valence-corrected chi connectivity index (χ4v) is 1.69. The second kappa shape index (κ2) is 3.68. The highest BCUT2D eigenvalue weighted by atomic mass is 79.9. The summed E-state index contributed by atoms with van der Waals surface area (Å²) in [6, 6.07) is 0.174. The minimum atomic E-state index is -0.736. The van der Waals surface area contributed by atoms with Crippen LogP contribution in [0, 0.1) is 6.08 Å². The first kappa shape index (κ1) is 10.8. The van der Waals surface area contributed by atoms with Gasteiger partial charge < -0.3 is 10.1 Å². The van der Waals surface area contributed by atoms with Crippen LogP contribution in [0.15, 0.2) is 10.7 Å². The van der Waals surface area contributed by atoms with E-state index in [2.05, 4.69) is 31.2 Å². The van der Waals surface area contributed by atoms with Crippen LogP contribution < -0.4 is 5.32 Å². The van der Waals surface area contributed by atoms with Gasteiger partial charge in [-0.3, -0.25) is 0 Å². The molecule has 1 aliphatic rings. The second-order valence-corrected chi connectivity index (χ2v) is 4.61. The van der Waals surface area contributed by atoms with Crippen molar-refractivity contribution in [2.75, 3.05) is 12.4 Å². The molecule has 4 nitrogen and oxygen atoms in total. The number of hydrogen-bond acceptors (Lipinski definition) is 4. The molecule has 1 saturated carbocycles. The molecule has 1 aromatic rings. The molecule has 0 aliphatic heterocycles. The number of methoxy groups -OCH3 is 1. The monoisotopic (exact) mass is 275 g/mol. The van der Waals surface area contributed by atoms with Crippen molar-refractivity contribution in [2.24, 2.45) is 0 Å². The molecule has 0 saturated heterocycles. The normalized spacial score (nSPS) is 28.9. The third-order valence-corrected chi connectivity index (χ3v) is 3.26. The first-order valence-electron chi connectivity index (χ1n) is 4.55. The predicted octanol–water partition coefficient (Wildman–Crippen LogP) is 1.97. The van der Waals surface area contributed by atoms with Crippen LogP contribution in [0.2, 0.25) is 0 Å². The van der Waals surface area contributed by atoms with Gasteiger partial charge in [-0.25, -0.2) is 4.98 Å². The van der Waals surface area contributed by atoms with Crippen molar-refractivity contribution in [2.45, 2.75) is 25.0 Å². The van der Waals surface area contributed by atoms with Crippen LogP contribution in [0.1, 0.15) is 13.3 Å². The van der Waals surface area contributed by atoms with Gasteiger partial charge in [-0.1, -0.05) is 0 Å². The Morgan fingerprint density at radius 1 is 1.73 bits per heavy atom. The van der Waals surface area contributed by atoms with Crippen molar-refractivity contribution in [3.05, 3.63) is 16.7 Å². The van der Waals surface area contributed by atoms with E-state index in [1.54, 1.807) is 7.11 Å². The number of ether oxygens (including phenoxy) is 1. The highest BCUT2D eigenvalue weighted by molar-refractivity contribution is 9.10. The molecule has 0 radical (unpaired) electrons. The Kier molecular flexibility index (Phi) is 2.64. The van der Waals surface area contributed by atoms with Gasteiger partial charge >= 0.3 is 6.08 Å². The highest BCUT2D eigenvalue weighted by Crippen LogP contribution is 2.41. The lowest BCUT2D eigenvalue weighted by Crippen LogP contribution is -2.19. The van der Waals surface area contributed by atoms with Crippen LogP contribution in [0.5, 0.6) is 0 Å². The predicted molar refractivity (Wildman–Crippen MR) is 57.1 cm³/mol. The molecular weight excluding hydrogens is 265 g/mol. The Morgan fingerprint density at radius 3 is 3.07 bits per heavy atom. The molecule has 0 bridgehead atoms. The maximum atomic E-state index is 12.8. The quantitative estimate of drug-likeness (QED) is 0.857. The van der Waals surface area contributed by atoms with Crippen molar-refractivity contribution in [1.29, 1.82) is 0 Å². The summed E-state index contributed by atoms with van der Waals surface area (Å²) in [4.78, 5) is 7.09. The molecule has 0 amide bonds. The first-order valence-corrected chi connectivity index (χ1v) is 5.34. The van der Waals surface area contributed by atoms with Gasteiger partial charge in [-0.15, -0.1) is 0 Å². The molecule has 1 N–H and O–H groups in total. The third kappa shape index (κ3) is 2.10. The summed E-state index contributed by atoms with van der Waals surface area (Å²) in [6.45, 7) is 2.00. The zero-order valence-electron chi connectivity index (χ0n) is 8.42. The Bertz CT molecular complexity index is 390. The lowest BCUT2D eigenvalue weighted by Gasteiger charge is -2.11. The molecular formula is C9H11BrFN3O. The van der Waals surface area contributed by atoms with Gasteiger partial charge in [0.1, 0.15) is 5.82 Å². The standard InChI is InChI=1S/C9H11BrFN3O/c1-9(15-2)3-6(9)13-7-5(10)4-12-8(11)14-7/h4,6H,3H2,1-2H3,(H,12,13,14)/t6-,9+/m1/s1. The van der Waals surface area contributed by atoms with Crippen molar-refractivity contribution >= 4 is 21.7 Å². The van der Waals surface area contributed by atoms with Gasteiger partial charge in [-0.05, 0) is 22.9 Å². The van der Waals surface area contributed by atoms with Gasteiger partial charge in [-0.2, -0.15) is 9.37 Å². The molecule has 0 aromatic carbocycles. The number of anilines is 1. The van der Waals surface area contributed by atoms with Crippen LogP contribution in [-0.2, 0) is 4.74 Å². The van der Waals surface area contributed by atoms with E-state index in [4.69, 9.17) is 4.74 Å². The van der Waals surface area contributed by atoms with Crippen LogP contribution in [-0.4, -0.2) is 28.7 Å². The highest BCUT2D eigenvalue weighted by Gasteiger charge is 2.51. The van der Waals surface area contributed by atoms with Gasteiger partial charge in [0.2, 0.25) is 0 Å². The minimum absolute atomic E-state index is 0.166. The Hall–Kier alpha value is -0.750. The number of nitrogens with zero attached hydrogens (tertiary/aromatic N) is 2. The maximum Gasteiger partial charge on any atom is 0.310 e. The Balaban J connectivity index is 2.09. The molecule has 15 heavy (non-hydrogen) atoms. The summed E-state index contributed by atoms with van der Waals surface area (Å²) in [5.74, 6) is 0.466. The van der Waals surface area contributed by atoms with E-state index in [1.165, 1.54) is 6.20 Å². The molecule has 6 heteroatoms. The van der Waals surface area contributed by atoms with Gasteiger partial charge in [0, 0.05) is 19.7 Å². The Labute approximate surface area is 95.4 Å². The van der Waals surface area contributed by atoms with Crippen molar-refractivity contribution in [3.8, 4) is 0 Å². The number of rotatable bonds is 3. The minimum Gasteiger partial charge on any atom is -0.376 e. The SMILES string of the molecule is CO[C@@]1(C)C[C@H]1Nc1nc(F)ncc1Br. The number of halogens is 2. The fourth-order valence-electron chi connectivity index (χ4n) is 1.39. The molecule has 1 heterocycles. The summed E-state index contributed by atoms with van der Waals surface area (Å²) < 4.78 is 18.7. The summed E-state index contributed by atoms with van der Waals surface area (Å²) in [5.41, 5.74) is -0.166. The first-order chi connectivity index (χ1) is 7.05. The van der Waals surface area contributed by atoms with Gasteiger partial charge in [0.15, 0.2) is 0 Å². The molecule has 1 aliphatic carbocycles. The van der Waals surface area contributed by atoms with Crippen molar-refractivity contribution in [1.82, 2.24) is 9.97 Å². The molecule has 1 fully saturated rings. The molecule has 1 aromatic heterocycles. The van der Waals surface area contributed by atoms with E-state index < -0.39 is 6.08 Å².